The highest BCUT2D eigenvalue weighted by molar-refractivity contribution is 5.95. The second kappa shape index (κ2) is 13.9. The Labute approximate surface area is 291 Å². The minimum absolute atomic E-state index is 0.0998. The van der Waals surface area contributed by atoms with E-state index in [2.05, 4.69) is 6.92 Å². The molecule has 11 rings (SSSR count). The molecule has 3 aliphatic heterocycles. The van der Waals surface area contributed by atoms with Crippen molar-refractivity contribution in [3.63, 3.8) is 0 Å². The molecule has 0 aromatic carbocycles. The number of carbonyl (C=O) groups is 3. The molecule has 10 nitrogen and oxygen atoms in total. The van der Waals surface area contributed by atoms with Gasteiger partial charge in [0.1, 0.15) is 17.3 Å². The van der Waals surface area contributed by atoms with Gasteiger partial charge in [0, 0.05) is 74.0 Å². The van der Waals surface area contributed by atoms with Crippen molar-refractivity contribution in [2.24, 2.45) is 53.3 Å². The zero-order chi connectivity index (χ0) is 33.8. The van der Waals surface area contributed by atoms with Gasteiger partial charge in [0.25, 0.3) is 0 Å². The molecule has 0 bridgehead atoms. The average molecular weight is 687 g/mol. The summed E-state index contributed by atoms with van der Waals surface area (Å²) in [6, 6.07) is 0. The number of carbonyl (C=O) groups excluding carboxylic acids is 3. The number of Topliss-reactive ketones (excluding diaryl/α,β-unsaturated/α-hetero) is 3. The second-order valence-corrected chi connectivity index (χ2v) is 16.8. The molecule has 3 heterocycles. The Bertz CT molecular complexity index is 1160. The van der Waals surface area contributed by atoms with Crippen molar-refractivity contribution in [1.29, 1.82) is 0 Å². The maximum absolute atomic E-state index is 11.5. The molecule has 274 valence electrons. The largest absolute Gasteiger partial charge is 0.393 e. The van der Waals surface area contributed by atoms with Crippen LogP contribution in [0.25, 0.3) is 0 Å². The highest BCUT2D eigenvalue weighted by Crippen LogP contribution is 2.56. The molecule has 10 heteroatoms. The van der Waals surface area contributed by atoms with Crippen LogP contribution in [-0.2, 0) is 42.8 Å². The predicted octanol–water partition coefficient (Wildman–Crippen LogP) is 5.16. The topological polar surface area (TPSA) is 127 Å². The van der Waals surface area contributed by atoms with E-state index in [-0.39, 0.29) is 41.2 Å². The summed E-state index contributed by atoms with van der Waals surface area (Å²) in [5.41, 5.74) is 0. The molecule has 10 atom stereocenters. The summed E-state index contributed by atoms with van der Waals surface area (Å²) in [5, 5.41) is 9.73. The molecule has 49 heavy (non-hydrogen) atoms. The number of hydrogen-bond acceptors (Lipinski definition) is 10. The highest BCUT2D eigenvalue weighted by atomic mass is 16.7. The Kier molecular flexibility index (Phi) is 9.90. The monoisotopic (exact) mass is 686 g/mol. The van der Waals surface area contributed by atoms with Crippen molar-refractivity contribution in [3.8, 4) is 0 Å². The molecule has 0 aromatic heterocycles. The van der Waals surface area contributed by atoms with E-state index in [4.69, 9.17) is 28.4 Å². The molecule has 8 aliphatic carbocycles. The SMILES string of the molecule is CC1CCC2C1CCC21OCCO1.O=C1CCC2C(=O)CCC12.O=C1CCC2C1CCC21OCCO1.OC1CCC2C1CCC21OCCO1. The number of aliphatic hydroxyl groups is 1. The summed E-state index contributed by atoms with van der Waals surface area (Å²) in [5.74, 6) is 4.60. The number of ether oxygens (including phenoxy) is 6. The molecule has 11 fully saturated rings. The third kappa shape index (κ3) is 6.21. The lowest BCUT2D eigenvalue weighted by Crippen LogP contribution is -2.35. The van der Waals surface area contributed by atoms with E-state index >= 15 is 0 Å². The van der Waals surface area contributed by atoms with Crippen LogP contribution in [0.5, 0.6) is 0 Å². The van der Waals surface area contributed by atoms with Gasteiger partial charge in [-0.1, -0.05) is 6.92 Å². The van der Waals surface area contributed by atoms with Gasteiger partial charge >= 0.3 is 0 Å². The van der Waals surface area contributed by atoms with E-state index in [1.807, 2.05) is 0 Å². The molecule has 1 N–H and O–H groups in total. The van der Waals surface area contributed by atoms with Gasteiger partial charge in [0.05, 0.1) is 45.7 Å². The maximum atomic E-state index is 11.5. The molecular weight excluding hydrogens is 628 g/mol. The highest BCUT2D eigenvalue weighted by Gasteiger charge is 2.59. The molecule has 3 spiro atoms. The number of fused-ring (bicyclic) bond motifs is 7. The van der Waals surface area contributed by atoms with Crippen molar-refractivity contribution in [2.45, 2.75) is 133 Å². The Balaban J connectivity index is 0.0000000953. The summed E-state index contributed by atoms with van der Waals surface area (Å²) < 4.78 is 34.5. The van der Waals surface area contributed by atoms with E-state index in [0.717, 1.165) is 109 Å². The third-order valence-electron chi connectivity index (χ3n) is 14.8. The van der Waals surface area contributed by atoms with Crippen LogP contribution in [0.3, 0.4) is 0 Å². The van der Waals surface area contributed by atoms with Crippen molar-refractivity contribution in [1.82, 2.24) is 0 Å². The average Bonchev–Trinajstić information content (AvgIpc) is 3.93. The minimum Gasteiger partial charge on any atom is -0.393 e. The standard InChI is InChI=1S/C11H18O2.C10H16O3.C10H14O3.C8H10O2/c1-8-2-3-10-9(8)4-5-11(10)12-6-7-13-11;2*11-9-2-1-8-7(9)3-4-10(8)12-5-6-13-10;9-7-3-1-5-6(7)2-4-8(5)10/h8-10H,2-7H2,1H3;7-9,11H,1-6H2;7-8H,1-6H2;5-6H,1-4H2. The first-order valence-corrected chi connectivity index (χ1v) is 19.8. The zero-order valence-corrected chi connectivity index (χ0v) is 29.5. The first-order chi connectivity index (χ1) is 23.7. The number of ketones is 3. The molecule has 0 radical (unpaired) electrons. The van der Waals surface area contributed by atoms with Gasteiger partial charge in [0.2, 0.25) is 0 Å². The summed E-state index contributed by atoms with van der Waals surface area (Å²) in [6.45, 7) is 6.90. The van der Waals surface area contributed by atoms with Gasteiger partial charge < -0.3 is 33.5 Å². The van der Waals surface area contributed by atoms with Crippen molar-refractivity contribution < 1.29 is 47.9 Å². The van der Waals surface area contributed by atoms with E-state index in [1.54, 1.807) is 0 Å². The van der Waals surface area contributed by atoms with Crippen LogP contribution in [0.2, 0.25) is 0 Å². The second-order valence-electron chi connectivity index (χ2n) is 16.8. The van der Waals surface area contributed by atoms with Gasteiger partial charge in [-0.15, -0.1) is 0 Å². The zero-order valence-electron chi connectivity index (χ0n) is 29.5. The predicted molar refractivity (Wildman–Crippen MR) is 176 cm³/mol. The number of rotatable bonds is 0. The molecule has 11 aliphatic rings. The first-order valence-electron chi connectivity index (χ1n) is 19.8. The van der Waals surface area contributed by atoms with E-state index < -0.39 is 0 Å². The lowest BCUT2D eigenvalue weighted by Gasteiger charge is -2.28. The van der Waals surface area contributed by atoms with Crippen molar-refractivity contribution in [3.05, 3.63) is 0 Å². The quantitative estimate of drug-likeness (QED) is 0.365. The molecular formula is C39H58O10. The lowest BCUT2D eigenvalue weighted by molar-refractivity contribution is -0.184. The van der Waals surface area contributed by atoms with Crippen LogP contribution in [0.1, 0.15) is 110 Å². The fraction of sp³-hybridized carbons (Fsp3) is 0.923. The van der Waals surface area contributed by atoms with Crippen LogP contribution in [0.4, 0.5) is 0 Å². The summed E-state index contributed by atoms with van der Waals surface area (Å²) in [6.07, 6.45) is 15.7. The molecule has 0 amide bonds. The molecule has 8 saturated carbocycles. The van der Waals surface area contributed by atoms with Crippen molar-refractivity contribution in [2.75, 3.05) is 39.6 Å². The van der Waals surface area contributed by atoms with E-state index in [1.165, 1.54) is 19.3 Å². The van der Waals surface area contributed by atoms with E-state index in [0.29, 0.717) is 67.1 Å². The molecule has 0 aromatic rings. The molecule has 3 saturated heterocycles. The van der Waals surface area contributed by atoms with Gasteiger partial charge in [-0.3, -0.25) is 14.4 Å². The van der Waals surface area contributed by atoms with Gasteiger partial charge in [0.15, 0.2) is 17.4 Å². The smallest absolute Gasteiger partial charge is 0.171 e. The summed E-state index contributed by atoms with van der Waals surface area (Å²) in [4.78, 5) is 33.6. The van der Waals surface area contributed by atoms with Gasteiger partial charge in [-0.05, 0) is 82.0 Å². The van der Waals surface area contributed by atoms with Crippen LogP contribution < -0.4 is 0 Å². The Morgan fingerprint density at radius 3 is 1.47 bits per heavy atom. The minimum atomic E-state index is -0.350. The summed E-state index contributed by atoms with van der Waals surface area (Å²) >= 11 is 0. The lowest BCUT2D eigenvalue weighted by atomic mass is 9.92. The van der Waals surface area contributed by atoms with Crippen molar-refractivity contribution >= 4 is 17.3 Å². The van der Waals surface area contributed by atoms with Crippen LogP contribution in [-0.4, -0.2) is 85.6 Å². The first kappa shape index (κ1) is 34.8. The Hall–Kier alpha value is -1.27. The Morgan fingerprint density at radius 2 is 0.898 bits per heavy atom. The van der Waals surface area contributed by atoms with E-state index in [9.17, 15) is 19.5 Å². The maximum Gasteiger partial charge on any atom is 0.171 e. The fourth-order valence-electron chi connectivity index (χ4n) is 12.4. The number of aliphatic hydroxyl groups excluding tert-OH is 1. The summed E-state index contributed by atoms with van der Waals surface area (Å²) in [7, 11) is 0. The number of hydrogen-bond donors (Lipinski definition) is 1. The third-order valence-corrected chi connectivity index (χ3v) is 14.8. The molecule has 10 unspecified atom stereocenters. The van der Waals surface area contributed by atoms with Crippen LogP contribution in [0, 0.1) is 53.3 Å². The Morgan fingerprint density at radius 1 is 0.469 bits per heavy atom. The fourth-order valence-corrected chi connectivity index (χ4v) is 12.4. The normalized spacial score (nSPS) is 44.1. The van der Waals surface area contributed by atoms with Gasteiger partial charge in [-0.2, -0.15) is 0 Å². The van der Waals surface area contributed by atoms with Crippen LogP contribution >= 0.6 is 0 Å². The van der Waals surface area contributed by atoms with Gasteiger partial charge in [-0.25, -0.2) is 0 Å². The van der Waals surface area contributed by atoms with Crippen LogP contribution in [0.15, 0.2) is 0 Å².